The Bertz CT molecular complexity index is 505. The fraction of sp³-hybridized carbons (Fsp3) is 0.400. The molecule has 5 N–H and O–H groups in total. The predicted molar refractivity (Wildman–Crippen MR) is 81.2 cm³/mol. The lowest BCUT2D eigenvalue weighted by Crippen LogP contribution is -2.40. The van der Waals surface area contributed by atoms with E-state index in [1.54, 1.807) is 30.3 Å². The first kappa shape index (κ1) is 17.6. The van der Waals surface area contributed by atoms with Crippen LogP contribution in [0.2, 0.25) is 0 Å². The van der Waals surface area contributed by atoms with Crippen LogP contribution in [0.3, 0.4) is 0 Å². The molecule has 0 aliphatic heterocycles. The van der Waals surface area contributed by atoms with Crippen LogP contribution in [-0.2, 0) is 9.59 Å². The monoisotopic (exact) mass is 307 g/mol. The maximum Gasteiger partial charge on any atom is 0.326 e. The van der Waals surface area contributed by atoms with E-state index in [9.17, 15) is 14.4 Å². The molecule has 0 saturated carbocycles. The zero-order valence-corrected chi connectivity index (χ0v) is 12.2. The summed E-state index contributed by atoms with van der Waals surface area (Å²) in [5, 5.41) is 14.3. The van der Waals surface area contributed by atoms with Crippen molar-refractivity contribution >= 4 is 17.8 Å². The van der Waals surface area contributed by atoms with E-state index in [4.69, 9.17) is 10.8 Å². The van der Waals surface area contributed by atoms with Gasteiger partial charge in [-0.15, -0.1) is 0 Å². The van der Waals surface area contributed by atoms with Crippen molar-refractivity contribution in [3.63, 3.8) is 0 Å². The third kappa shape index (κ3) is 6.36. The van der Waals surface area contributed by atoms with Gasteiger partial charge in [0.2, 0.25) is 5.91 Å². The summed E-state index contributed by atoms with van der Waals surface area (Å²) in [5.41, 5.74) is 5.57. The molecule has 0 aliphatic carbocycles. The Morgan fingerprint density at radius 1 is 1.14 bits per heavy atom. The fourth-order valence-electron chi connectivity index (χ4n) is 1.86. The summed E-state index contributed by atoms with van der Waals surface area (Å²) < 4.78 is 0. The average molecular weight is 307 g/mol. The molecule has 1 aromatic carbocycles. The molecule has 120 valence electrons. The molecule has 0 heterocycles. The number of carboxylic acid groups (broad SMARTS) is 1. The average Bonchev–Trinajstić information content (AvgIpc) is 2.53. The summed E-state index contributed by atoms with van der Waals surface area (Å²) in [6.07, 6.45) is 1.49. The van der Waals surface area contributed by atoms with Crippen molar-refractivity contribution in [1.29, 1.82) is 0 Å². The Hall–Kier alpha value is -2.41. The highest BCUT2D eigenvalue weighted by molar-refractivity contribution is 5.96. The number of hydrogen-bond donors (Lipinski definition) is 4. The Labute approximate surface area is 128 Å². The largest absolute Gasteiger partial charge is 0.480 e. The molecule has 1 atom stereocenters. The minimum absolute atomic E-state index is 0.0646. The smallest absolute Gasteiger partial charge is 0.326 e. The Balaban J connectivity index is 2.38. The molecular formula is C15H21N3O4. The van der Waals surface area contributed by atoms with Crippen LogP contribution in [0.15, 0.2) is 30.3 Å². The first-order chi connectivity index (χ1) is 10.5. The third-order valence-corrected chi connectivity index (χ3v) is 3.07. The van der Waals surface area contributed by atoms with Gasteiger partial charge in [0.15, 0.2) is 0 Å². The van der Waals surface area contributed by atoms with E-state index >= 15 is 0 Å². The van der Waals surface area contributed by atoms with Gasteiger partial charge < -0.3 is 21.5 Å². The van der Waals surface area contributed by atoms with Gasteiger partial charge in [0.05, 0.1) is 6.54 Å². The minimum Gasteiger partial charge on any atom is -0.480 e. The lowest BCUT2D eigenvalue weighted by molar-refractivity contribution is -0.139. The number of carboxylic acids is 1. The number of unbranched alkanes of at least 4 members (excludes halogenated alkanes) is 1. The predicted octanol–water partition coefficient (Wildman–Crippen LogP) is 0.115. The normalized spacial score (nSPS) is 11.5. The van der Waals surface area contributed by atoms with E-state index in [0.29, 0.717) is 31.4 Å². The topological polar surface area (TPSA) is 122 Å². The molecule has 0 unspecified atom stereocenters. The van der Waals surface area contributed by atoms with Gasteiger partial charge in [-0.2, -0.15) is 0 Å². The number of nitrogens with two attached hydrogens (primary N) is 1. The number of rotatable bonds is 9. The summed E-state index contributed by atoms with van der Waals surface area (Å²) in [7, 11) is 0. The lowest BCUT2D eigenvalue weighted by atomic mass is 10.1. The van der Waals surface area contributed by atoms with Crippen LogP contribution >= 0.6 is 0 Å². The van der Waals surface area contributed by atoms with E-state index in [2.05, 4.69) is 10.6 Å². The Morgan fingerprint density at radius 2 is 1.82 bits per heavy atom. The van der Waals surface area contributed by atoms with Crippen LogP contribution < -0.4 is 16.4 Å². The van der Waals surface area contributed by atoms with Gasteiger partial charge in [-0.1, -0.05) is 18.2 Å². The molecule has 0 saturated heterocycles. The quantitative estimate of drug-likeness (QED) is 0.483. The summed E-state index contributed by atoms with van der Waals surface area (Å²) in [6.45, 7) is 0.375. The SMILES string of the molecule is NCC(=O)NCCCC[C@H](NC(=O)c1ccccc1)C(=O)O. The Kier molecular flexibility index (Phi) is 7.63. The second kappa shape index (κ2) is 9.51. The molecule has 0 spiro atoms. The molecule has 0 bridgehead atoms. The summed E-state index contributed by atoms with van der Waals surface area (Å²) in [6, 6.07) is 7.50. The number of nitrogens with one attached hydrogen (secondary N) is 2. The van der Waals surface area contributed by atoms with E-state index in [-0.39, 0.29) is 12.5 Å². The van der Waals surface area contributed by atoms with Crippen LogP contribution in [0.4, 0.5) is 0 Å². The van der Waals surface area contributed by atoms with Crippen LogP contribution in [0.5, 0.6) is 0 Å². The molecule has 7 heteroatoms. The summed E-state index contributed by atoms with van der Waals surface area (Å²) in [5.74, 6) is -1.73. The van der Waals surface area contributed by atoms with Gasteiger partial charge in [0, 0.05) is 12.1 Å². The highest BCUT2D eigenvalue weighted by atomic mass is 16.4. The first-order valence-corrected chi connectivity index (χ1v) is 7.10. The van der Waals surface area contributed by atoms with Crippen molar-refractivity contribution in [2.45, 2.75) is 25.3 Å². The van der Waals surface area contributed by atoms with Gasteiger partial charge >= 0.3 is 5.97 Å². The maximum absolute atomic E-state index is 11.9. The number of carbonyl (C=O) groups excluding carboxylic acids is 2. The molecule has 0 aliphatic rings. The van der Waals surface area contributed by atoms with Crippen molar-refractivity contribution in [2.75, 3.05) is 13.1 Å². The summed E-state index contributed by atoms with van der Waals surface area (Å²) in [4.78, 5) is 34.0. The maximum atomic E-state index is 11.9. The van der Waals surface area contributed by atoms with Crippen molar-refractivity contribution in [3.05, 3.63) is 35.9 Å². The van der Waals surface area contributed by atoms with Gasteiger partial charge in [0.25, 0.3) is 5.91 Å². The van der Waals surface area contributed by atoms with Crippen molar-refractivity contribution < 1.29 is 19.5 Å². The molecule has 7 nitrogen and oxygen atoms in total. The molecule has 0 radical (unpaired) electrons. The number of amides is 2. The van der Waals surface area contributed by atoms with Crippen molar-refractivity contribution in [2.24, 2.45) is 5.73 Å². The standard InChI is InChI=1S/C15H21N3O4/c16-10-13(19)17-9-5-4-8-12(15(21)22)18-14(20)11-6-2-1-3-7-11/h1-3,6-7,12H,4-5,8-10,16H2,(H,17,19)(H,18,20)(H,21,22)/t12-/m0/s1. The third-order valence-electron chi connectivity index (χ3n) is 3.07. The number of hydrogen-bond acceptors (Lipinski definition) is 4. The highest BCUT2D eigenvalue weighted by Crippen LogP contribution is 2.04. The molecule has 0 fully saturated rings. The van der Waals surface area contributed by atoms with Gasteiger partial charge in [0.1, 0.15) is 6.04 Å². The van der Waals surface area contributed by atoms with E-state index in [0.717, 1.165) is 0 Å². The summed E-state index contributed by atoms with van der Waals surface area (Å²) >= 11 is 0. The van der Waals surface area contributed by atoms with Crippen LogP contribution in [-0.4, -0.2) is 42.0 Å². The Morgan fingerprint density at radius 3 is 2.41 bits per heavy atom. The van der Waals surface area contributed by atoms with Crippen LogP contribution in [0, 0.1) is 0 Å². The van der Waals surface area contributed by atoms with Crippen molar-refractivity contribution in [1.82, 2.24) is 10.6 Å². The molecule has 1 rings (SSSR count). The van der Waals surface area contributed by atoms with Gasteiger partial charge in [-0.05, 0) is 31.4 Å². The van der Waals surface area contributed by atoms with E-state index in [1.165, 1.54) is 0 Å². The van der Waals surface area contributed by atoms with Crippen LogP contribution in [0.25, 0.3) is 0 Å². The van der Waals surface area contributed by atoms with Crippen LogP contribution in [0.1, 0.15) is 29.6 Å². The zero-order valence-electron chi connectivity index (χ0n) is 12.2. The molecular weight excluding hydrogens is 286 g/mol. The molecule has 2 amide bonds. The minimum atomic E-state index is -1.07. The highest BCUT2D eigenvalue weighted by Gasteiger charge is 2.19. The van der Waals surface area contributed by atoms with Crippen molar-refractivity contribution in [3.8, 4) is 0 Å². The lowest BCUT2D eigenvalue weighted by Gasteiger charge is -2.14. The molecule has 22 heavy (non-hydrogen) atoms. The number of carbonyl (C=O) groups is 3. The second-order valence-electron chi connectivity index (χ2n) is 4.78. The van der Waals surface area contributed by atoms with E-state index < -0.39 is 17.9 Å². The zero-order chi connectivity index (χ0) is 16.4. The number of aliphatic carboxylic acids is 1. The number of benzene rings is 1. The molecule has 0 aromatic heterocycles. The first-order valence-electron chi connectivity index (χ1n) is 7.10. The molecule has 1 aromatic rings. The van der Waals surface area contributed by atoms with Gasteiger partial charge in [-0.25, -0.2) is 4.79 Å². The van der Waals surface area contributed by atoms with Gasteiger partial charge in [-0.3, -0.25) is 9.59 Å². The second-order valence-corrected chi connectivity index (χ2v) is 4.78. The van der Waals surface area contributed by atoms with E-state index in [1.807, 2.05) is 0 Å². The fourth-order valence-corrected chi connectivity index (χ4v) is 1.86.